The molecule has 0 bridgehead atoms. The zero-order chi connectivity index (χ0) is 10.6. The van der Waals surface area contributed by atoms with E-state index in [1.54, 1.807) is 0 Å². The van der Waals surface area contributed by atoms with E-state index >= 15 is 0 Å². The van der Waals surface area contributed by atoms with Crippen molar-refractivity contribution >= 4 is 0 Å². The number of hydrogen-bond donors (Lipinski definition) is 0. The summed E-state index contributed by atoms with van der Waals surface area (Å²) in [4.78, 5) is 0. The first-order chi connectivity index (χ1) is 6.61. The van der Waals surface area contributed by atoms with Gasteiger partial charge < -0.3 is 34.0 Å². The molecule has 0 N–H and O–H groups in total. The quantitative estimate of drug-likeness (QED) is 0.421. The van der Waals surface area contributed by atoms with Gasteiger partial charge in [-0.15, -0.1) is 0 Å². The Balaban J connectivity index is -0.000000196. The van der Waals surface area contributed by atoms with Gasteiger partial charge in [0.25, 0.3) is 0 Å². The maximum atomic E-state index is 2.12. The van der Waals surface area contributed by atoms with Crippen molar-refractivity contribution in [3.8, 4) is 0 Å². The molecule has 0 saturated heterocycles. The Bertz CT molecular complexity index is 317. The van der Waals surface area contributed by atoms with Crippen LogP contribution in [0.25, 0.3) is 0 Å². The van der Waals surface area contributed by atoms with Crippen LogP contribution < -0.4 is 34.0 Å². The molecule has 0 amide bonds. The summed E-state index contributed by atoms with van der Waals surface area (Å²) in [5.74, 6) is 0. The molecule has 2 aromatic rings. The van der Waals surface area contributed by atoms with Gasteiger partial charge in [0.2, 0.25) is 0 Å². The average Bonchev–Trinajstić information content (AvgIpc) is 2.67. The van der Waals surface area contributed by atoms with Crippen LogP contribution >= 0.6 is 0 Å². The van der Waals surface area contributed by atoms with E-state index in [2.05, 4.69) is 64.1 Å². The van der Waals surface area contributed by atoms with E-state index < -0.39 is 0 Å². The normalized spacial score (nSPS) is 7.76. The van der Waals surface area contributed by atoms with Gasteiger partial charge in [-0.05, 0) is 0 Å². The van der Waals surface area contributed by atoms with Crippen LogP contribution in [0.3, 0.4) is 0 Å². The molecule has 92 valence electrons. The molecule has 17 heavy (non-hydrogen) atoms. The minimum Gasteiger partial charge on any atom is -1.00 e. The van der Waals surface area contributed by atoms with Crippen LogP contribution in [0.4, 0.5) is 0 Å². The predicted molar refractivity (Wildman–Crippen MR) is 63.0 cm³/mol. The Kier molecular flexibility index (Phi) is 15.5. The van der Waals surface area contributed by atoms with Crippen molar-refractivity contribution in [1.29, 1.82) is 0 Å². The molecular formula is C14H18Br2Zr. The van der Waals surface area contributed by atoms with Crippen molar-refractivity contribution in [3.05, 3.63) is 58.7 Å². The summed E-state index contributed by atoms with van der Waals surface area (Å²) in [6.07, 6.45) is 0. The van der Waals surface area contributed by atoms with Crippen molar-refractivity contribution in [2.75, 3.05) is 0 Å². The molecule has 3 heteroatoms. The Labute approximate surface area is 145 Å². The summed E-state index contributed by atoms with van der Waals surface area (Å²) in [6.45, 7) is 8.48. The largest absolute Gasteiger partial charge is 4.00 e. The molecule has 2 aromatic carbocycles. The smallest absolute Gasteiger partial charge is 1.00 e. The van der Waals surface area contributed by atoms with Crippen molar-refractivity contribution in [2.24, 2.45) is 0 Å². The first kappa shape index (κ1) is 22.7. The van der Waals surface area contributed by atoms with E-state index in [1.165, 1.54) is 22.3 Å². The molecule has 0 nitrogen and oxygen atoms in total. The predicted octanol–water partition coefficient (Wildman–Crippen LogP) is -1.95. The monoisotopic (exact) mass is 434 g/mol. The molecule has 0 aliphatic carbocycles. The zero-order valence-electron chi connectivity index (χ0n) is 10.7. The van der Waals surface area contributed by atoms with Gasteiger partial charge in [-0.1, -0.05) is 27.7 Å². The number of rotatable bonds is 0. The summed E-state index contributed by atoms with van der Waals surface area (Å²) < 4.78 is 0. The van der Waals surface area contributed by atoms with Crippen LogP contribution in [0.2, 0.25) is 0 Å². The molecule has 0 atom stereocenters. The summed E-state index contributed by atoms with van der Waals surface area (Å²) >= 11 is 0. The molecular weight excluding hydrogens is 419 g/mol. The summed E-state index contributed by atoms with van der Waals surface area (Å²) in [5.41, 5.74) is 5.56. The summed E-state index contributed by atoms with van der Waals surface area (Å²) in [5, 5.41) is 0. The first-order valence-electron chi connectivity index (χ1n) is 4.99. The van der Waals surface area contributed by atoms with Crippen molar-refractivity contribution in [1.82, 2.24) is 0 Å². The van der Waals surface area contributed by atoms with Crippen molar-refractivity contribution < 1.29 is 60.2 Å². The van der Waals surface area contributed by atoms with E-state index in [4.69, 9.17) is 0 Å². The maximum absolute atomic E-state index is 2.12. The van der Waals surface area contributed by atoms with Gasteiger partial charge in [0.1, 0.15) is 0 Å². The summed E-state index contributed by atoms with van der Waals surface area (Å²) in [6, 6.07) is 12.6. The van der Waals surface area contributed by atoms with Crippen LogP contribution in [-0.2, 0) is 26.2 Å². The molecule has 0 saturated carbocycles. The third-order valence-electron chi connectivity index (χ3n) is 2.63. The van der Waals surface area contributed by atoms with Crippen LogP contribution in [-0.4, -0.2) is 0 Å². The maximum Gasteiger partial charge on any atom is 4.00 e. The molecule has 0 aliphatic heterocycles. The third kappa shape index (κ3) is 8.29. The number of aryl methyl sites for hydroxylation is 4. The molecule has 0 spiro atoms. The Morgan fingerprint density at radius 2 is 1.06 bits per heavy atom. The fraction of sp³-hybridized carbons (Fsp3) is 0.286. The van der Waals surface area contributed by atoms with E-state index in [0.717, 1.165) is 0 Å². The van der Waals surface area contributed by atoms with Gasteiger partial charge in [-0.25, -0.2) is 24.3 Å². The average molecular weight is 437 g/mol. The Hall–Kier alpha value is 0.543. The summed E-state index contributed by atoms with van der Waals surface area (Å²) in [7, 11) is 0. The fourth-order valence-corrected chi connectivity index (χ4v) is 1.20. The minimum absolute atomic E-state index is 0. The van der Waals surface area contributed by atoms with Gasteiger partial charge in [0.05, 0.1) is 0 Å². The van der Waals surface area contributed by atoms with Crippen molar-refractivity contribution in [3.63, 3.8) is 0 Å². The fourth-order valence-electron chi connectivity index (χ4n) is 1.20. The van der Waals surface area contributed by atoms with Gasteiger partial charge in [0, 0.05) is 0 Å². The third-order valence-corrected chi connectivity index (χ3v) is 2.63. The van der Waals surface area contributed by atoms with Crippen LogP contribution in [0.15, 0.2) is 36.4 Å². The number of halogens is 2. The zero-order valence-corrected chi connectivity index (χ0v) is 16.4. The second kappa shape index (κ2) is 11.6. The van der Waals surface area contributed by atoms with Crippen LogP contribution in [0.5, 0.6) is 0 Å². The molecule has 0 aliphatic rings. The van der Waals surface area contributed by atoms with Gasteiger partial charge >= 0.3 is 26.2 Å². The molecule has 0 unspecified atom stereocenters. The van der Waals surface area contributed by atoms with E-state index in [-0.39, 0.29) is 60.2 Å². The Morgan fingerprint density at radius 3 is 1.12 bits per heavy atom. The van der Waals surface area contributed by atoms with Crippen molar-refractivity contribution in [2.45, 2.75) is 27.7 Å². The van der Waals surface area contributed by atoms with Gasteiger partial charge in [-0.3, -0.25) is 0 Å². The van der Waals surface area contributed by atoms with Crippen LogP contribution in [0, 0.1) is 27.7 Å². The minimum atomic E-state index is 0. The topological polar surface area (TPSA) is 0 Å². The first-order valence-corrected chi connectivity index (χ1v) is 4.99. The molecule has 0 fully saturated rings. The van der Waals surface area contributed by atoms with Crippen LogP contribution in [0.1, 0.15) is 22.3 Å². The van der Waals surface area contributed by atoms with Gasteiger partial charge in [-0.2, -0.15) is 34.4 Å². The molecule has 0 radical (unpaired) electrons. The molecule has 0 aromatic heterocycles. The molecule has 0 heterocycles. The SMILES string of the molecule is Cc1ccc[c-]1C.Cc1ccc[c-]1C.[Br-].[Br-].[Zr+4]. The number of hydrogen-bond acceptors (Lipinski definition) is 0. The second-order valence-corrected chi connectivity index (χ2v) is 3.78. The second-order valence-electron chi connectivity index (χ2n) is 3.78. The van der Waals surface area contributed by atoms with E-state index in [0.29, 0.717) is 0 Å². The molecule has 2 rings (SSSR count). The Morgan fingerprint density at radius 1 is 0.765 bits per heavy atom. The standard InChI is InChI=1S/2C7H9.2BrH.Zr/c2*1-6-4-3-5-7(6)2;;;/h2*3-5H,1-2H3;2*1H;/q2*-1;;;+4/p-2. The van der Waals surface area contributed by atoms with E-state index in [9.17, 15) is 0 Å². The van der Waals surface area contributed by atoms with Gasteiger partial charge in [0.15, 0.2) is 0 Å². The van der Waals surface area contributed by atoms with E-state index in [1.807, 2.05) is 0 Å².